The molecule has 0 spiro atoms. The standard InChI is InChI=1S/C10H23N/c1-9(2)6-7-10(3)8-11(4)5/h9-10H,6-8H2,1-5H3/t10-/m1/s1. The largest absolute Gasteiger partial charge is 0.309 e. The van der Waals surface area contributed by atoms with Gasteiger partial charge in [-0.25, -0.2) is 0 Å². The van der Waals surface area contributed by atoms with Gasteiger partial charge in [-0.15, -0.1) is 0 Å². The average molecular weight is 157 g/mol. The van der Waals surface area contributed by atoms with E-state index in [1.807, 2.05) is 0 Å². The molecule has 0 aliphatic rings. The van der Waals surface area contributed by atoms with Crippen molar-refractivity contribution in [3.05, 3.63) is 0 Å². The van der Waals surface area contributed by atoms with E-state index < -0.39 is 0 Å². The highest BCUT2D eigenvalue weighted by atomic mass is 15.1. The summed E-state index contributed by atoms with van der Waals surface area (Å²) >= 11 is 0. The van der Waals surface area contributed by atoms with Gasteiger partial charge in [0.1, 0.15) is 0 Å². The zero-order valence-electron chi connectivity index (χ0n) is 8.72. The van der Waals surface area contributed by atoms with Gasteiger partial charge in [-0.2, -0.15) is 0 Å². The molecule has 0 saturated heterocycles. The van der Waals surface area contributed by atoms with Crippen molar-refractivity contribution in [2.24, 2.45) is 11.8 Å². The summed E-state index contributed by atoms with van der Waals surface area (Å²) < 4.78 is 0. The van der Waals surface area contributed by atoms with Crippen LogP contribution < -0.4 is 0 Å². The van der Waals surface area contributed by atoms with Crippen LogP contribution in [0.5, 0.6) is 0 Å². The minimum Gasteiger partial charge on any atom is -0.309 e. The summed E-state index contributed by atoms with van der Waals surface area (Å²) in [4.78, 5) is 2.27. The summed E-state index contributed by atoms with van der Waals surface area (Å²) in [5, 5.41) is 0. The van der Waals surface area contributed by atoms with Crippen molar-refractivity contribution in [3.8, 4) is 0 Å². The fraction of sp³-hybridized carbons (Fsp3) is 1.00. The Labute approximate surface area is 71.8 Å². The molecule has 1 heteroatoms. The van der Waals surface area contributed by atoms with E-state index in [-0.39, 0.29) is 0 Å². The summed E-state index contributed by atoms with van der Waals surface area (Å²) in [6, 6.07) is 0. The van der Waals surface area contributed by atoms with Crippen LogP contribution in [0, 0.1) is 11.8 Å². The van der Waals surface area contributed by atoms with E-state index in [2.05, 4.69) is 39.8 Å². The second-order valence-electron chi connectivity index (χ2n) is 4.34. The van der Waals surface area contributed by atoms with Crippen LogP contribution in [-0.4, -0.2) is 25.5 Å². The van der Waals surface area contributed by atoms with E-state index in [0.29, 0.717) is 0 Å². The Bertz CT molecular complexity index is 86.9. The van der Waals surface area contributed by atoms with E-state index in [9.17, 15) is 0 Å². The molecule has 0 unspecified atom stereocenters. The molecule has 0 bridgehead atoms. The second kappa shape index (κ2) is 5.59. The SMILES string of the molecule is CC(C)CC[C@@H](C)CN(C)C. The van der Waals surface area contributed by atoms with Gasteiger partial charge in [0.2, 0.25) is 0 Å². The van der Waals surface area contributed by atoms with Crippen molar-refractivity contribution in [2.45, 2.75) is 33.6 Å². The average Bonchev–Trinajstić information content (AvgIpc) is 1.82. The second-order valence-corrected chi connectivity index (χ2v) is 4.34. The molecule has 0 heterocycles. The molecule has 68 valence electrons. The van der Waals surface area contributed by atoms with Crippen molar-refractivity contribution in [3.63, 3.8) is 0 Å². The highest BCUT2D eigenvalue weighted by Gasteiger charge is 2.04. The van der Waals surface area contributed by atoms with Crippen molar-refractivity contribution >= 4 is 0 Å². The predicted octanol–water partition coefficient (Wildman–Crippen LogP) is 2.62. The molecule has 0 radical (unpaired) electrons. The third-order valence-electron chi connectivity index (χ3n) is 1.91. The number of rotatable bonds is 5. The van der Waals surface area contributed by atoms with Crippen molar-refractivity contribution in [1.29, 1.82) is 0 Å². The summed E-state index contributed by atoms with van der Waals surface area (Å²) in [5.41, 5.74) is 0. The molecular formula is C10H23N. The number of hydrogen-bond donors (Lipinski definition) is 0. The molecule has 1 atom stereocenters. The van der Waals surface area contributed by atoms with Gasteiger partial charge in [0.15, 0.2) is 0 Å². The molecule has 0 fully saturated rings. The maximum Gasteiger partial charge on any atom is 0.0000921 e. The molecule has 11 heavy (non-hydrogen) atoms. The summed E-state index contributed by atoms with van der Waals surface area (Å²) in [6.45, 7) is 8.15. The van der Waals surface area contributed by atoms with Crippen LogP contribution in [-0.2, 0) is 0 Å². The van der Waals surface area contributed by atoms with Gasteiger partial charge in [0, 0.05) is 6.54 Å². The molecule has 0 aliphatic carbocycles. The van der Waals surface area contributed by atoms with E-state index in [1.165, 1.54) is 19.4 Å². The molecular weight excluding hydrogens is 134 g/mol. The first kappa shape index (κ1) is 11.0. The zero-order valence-corrected chi connectivity index (χ0v) is 8.72. The minimum atomic E-state index is 0.854. The lowest BCUT2D eigenvalue weighted by molar-refractivity contribution is 0.314. The van der Waals surface area contributed by atoms with Gasteiger partial charge < -0.3 is 4.90 Å². The smallest absolute Gasteiger partial charge is 0.0000921 e. The van der Waals surface area contributed by atoms with Crippen LogP contribution in [0.1, 0.15) is 33.6 Å². The third kappa shape index (κ3) is 7.86. The topological polar surface area (TPSA) is 3.24 Å². The summed E-state index contributed by atoms with van der Waals surface area (Å²) in [7, 11) is 4.29. The van der Waals surface area contributed by atoms with Gasteiger partial charge in [-0.05, 0) is 32.4 Å². The highest BCUT2D eigenvalue weighted by Crippen LogP contribution is 2.11. The van der Waals surface area contributed by atoms with Crippen LogP contribution in [0.2, 0.25) is 0 Å². The van der Waals surface area contributed by atoms with Gasteiger partial charge >= 0.3 is 0 Å². The van der Waals surface area contributed by atoms with Crippen LogP contribution in [0.25, 0.3) is 0 Å². The molecule has 0 aromatic carbocycles. The van der Waals surface area contributed by atoms with Crippen molar-refractivity contribution < 1.29 is 0 Å². The Morgan fingerprint density at radius 2 is 1.55 bits per heavy atom. The lowest BCUT2D eigenvalue weighted by Gasteiger charge is -2.17. The minimum absolute atomic E-state index is 0.854. The Morgan fingerprint density at radius 3 is 1.91 bits per heavy atom. The summed E-state index contributed by atoms with van der Waals surface area (Å²) in [5.74, 6) is 1.71. The zero-order chi connectivity index (χ0) is 8.85. The van der Waals surface area contributed by atoms with Crippen molar-refractivity contribution in [2.75, 3.05) is 20.6 Å². The van der Waals surface area contributed by atoms with Crippen LogP contribution in [0.4, 0.5) is 0 Å². The molecule has 0 amide bonds. The van der Waals surface area contributed by atoms with E-state index in [1.54, 1.807) is 0 Å². The molecule has 0 aromatic rings. The quantitative estimate of drug-likeness (QED) is 0.593. The molecule has 0 saturated carbocycles. The Balaban J connectivity index is 3.29. The van der Waals surface area contributed by atoms with E-state index in [0.717, 1.165) is 11.8 Å². The number of hydrogen-bond acceptors (Lipinski definition) is 1. The normalized spacial score (nSPS) is 14.5. The Kier molecular flexibility index (Phi) is 5.57. The Morgan fingerprint density at radius 1 is 1.00 bits per heavy atom. The van der Waals surface area contributed by atoms with Crippen LogP contribution >= 0.6 is 0 Å². The molecule has 0 aromatic heterocycles. The maximum atomic E-state index is 2.34. The van der Waals surface area contributed by atoms with Crippen LogP contribution in [0.15, 0.2) is 0 Å². The molecule has 0 N–H and O–H groups in total. The van der Waals surface area contributed by atoms with Gasteiger partial charge in [-0.3, -0.25) is 0 Å². The van der Waals surface area contributed by atoms with E-state index >= 15 is 0 Å². The lowest BCUT2D eigenvalue weighted by Crippen LogP contribution is -2.19. The molecule has 1 nitrogen and oxygen atoms in total. The Hall–Kier alpha value is -0.0400. The van der Waals surface area contributed by atoms with Gasteiger partial charge in [-0.1, -0.05) is 27.2 Å². The maximum absolute atomic E-state index is 2.34. The van der Waals surface area contributed by atoms with E-state index in [4.69, 9.17) is 0 Å². The fourth-order valence-corrected chi connectivity index (χ4v) is 1.33. The lowest BCUT2D eigenvalue weighted by atomic mass is 9.99. The summed E-state index contributed by atoms with van der Waals surface area (Å²) in [6.07, 6.45) is 2.74. The number of nitrogens with zero attached hydrogens (tertiary/aromatic N) is 1. The first-order valence-corrected chi connectivity index (χ1v) is 4.67. The molecule has 0 rings (SSSR count). The first-order valence-electron chi connectivity index (χ1n) is 4.67. The highest BCUT2D eigenvalue weighted by molar-refractivity contribution is 4.57. The molecule has 0 aliphatic heterocycles. The van der Waals surface area contributed by atoms with Gasteiger partial charge in [0.05, 0.1) is 0 Å². The van der Waals surface area contributed by atoms with Gasteiger partial charge in [0.25, 0.3) is 0 Å². The predicted molar refractivity (Wildman–Crippen MR) is 51.8 cm³/mol. The van der Waals surface area contributed by atoms with Crippen LogP contribution in [0.3, 0.4) is 0 Å². The van der Waals surface area contributed by atoms with Crippen molar-refractivity contribution in [1.82, 2.24) is 4.90 Å². The fourth-order valence-electron chi connectivity index (χ4n) is 1.33. The first-order chi connectivity index (χ1) is 5.02. The third-order valence-corrected chi connectivity index (χ3v) is 1.91. The monoisotopic (exact) mass is 157 g/mol.